The smallest absolute Gasteiger partial charge is 0.252 e. The summed E-state index contributed by atoms with van der Waals surface area (Å²) in [6.07, 6.45) is 2.97. The minimum Gasteiger partial charge on any atom is -0.404 e. The largest absolute Gasteiger partial charge is 0.404 e. The Labute approximate surface area is 189 Å². The van der Waals surface area contributed by atoms with Crippen molar-refractivity contribution in [1.29, 1.82) is 0 Å². The molecular weight excluding hydrogens is 405 g/mol. The van der Waals surface area contributed by atoms with E-state index in [1.807, 2.05) is 32.0 Å². The van der Waals surface area contributed by atoms with Crippen molar-refractivity contribution in [3.05, 3.63) is 70.7 Å². The zero-order valence-electron chi connectivity index (χ0n) is 19.4. The number of hydrogen-bond donors (Lipinski definition) is 2. The van der Waals surface area contributed by atoms with Gasteiger partial charge in [0.25, 0.3) is 5.91 Å². The van der Waals surface area contributed by atoms with Crippen LogP contribution in [0.5, 0.6) is 0 Å². The fourth-order valence-electron chi connectivity index (χ4n) is 3.78. The van der Waals surface area contributed by atoms with Crippen LogP contribution in [0.2, 0.25) is 0 Å². The van der Waals surface area contributed by atoms with Gasteiger partial charge in [0.15, 0.2) is 0 Å². The highest BCUT2D eigenvalue weighted by Gasteiger charge is 2.29. The fourth-order valence-corrected chi connectivity index (χ4v) is 3.78. The molecule has 32 heavy (non-hydrogen) atoms. The zero-order valence-corrected chi connectivity index (χ0v) is 19.4. The number of aryl methyl sites for hydroxylation is 1. The Balaban J connectivity index is 1.78. The molecule has 170 valence electrons. The van der Waals surface area contributed by atoms with Gasteiger partial charge < -0.3 is 20.9 Å². The number of nitrogens with zero attached hydrogens (tertiary/aromatic N) is 3. The van der Waals surface area contributed by atoms with Gasteiger partial charge in [0.1, 0.15) is 5.82 Å². The van der Waals surface area contributed by atoms with E-state index in [0.717, 1.165) is 24.3 Å². The van der Waals surface area contributed by atoms with Crippen LogP contribution in [0.1, 0.15) is 40.0 Å². The summed E-state index contributed by atoms with van der Waals surface area (Å²) < 4.78 is 14.3. The van der Waals surface area contributed by atoms with Gasteiger partial charge in [0.2, 0.25) is 0 Å². The van der Waals surface area contributed by atoms with Crippen molar-refractivity contribution in [2.45, 2.75) is 25.9 Å². The van der Waals surface area contributed by atoms with Gasteiger partial charge in [-0.1, -0.05) is 6.07 Å². The highest BCUT2D eigenvalue weighted by molar-refractivity contribution is 6.09. The molecule has 7 heteroatoms. The van der Waals surface area contributed by atoms with E-state index in [-0.39, 0.29) is 11.9 Å². The van der Waals surface area contributed by atoms with Crippen molar-refractivity contribution in [1.82, 2.24) is 10.2 Å². The molecule has 0 spiro atoms. The van der Waals surface area contributed by atoms with Gasteiger partial charge in [0, 0.05) is 55.4 Å². The highest BCUT2D eigenvalue weighted by atomic mass is 19.1. The summed E-state index contributed by atoms with van der Waals surface area (Å²) in [5.74, 6) is -0.578. The topological polar surface area (TPSA) is 74.0 Å². The molecule has 1 saturated heterocycles. The van der Waals surface area contributed by atoms with Crippen molar-refractivity contribution in [3.63, 3.8) is 0 Å². The quantitative estimate of drug-likeness (QED) is 0.652. The van der Waals surface area contributed by atoms with Gasteiger partial charge in [-0.2, -0.15) is 0 Å². The minimum atomic E-state index is -0.395. The third-order valence-corrected chi connectivity index (χ3v) is 5.97. The number of likely N-dealkylation sites (N-methyl/N-ethyl adjacent to an activating group) is 1. The molecule has 1 aliphatic heterocycles. The molecule has 0 aromatic heterocycles. The van der Waals surface area contributed by atoms with Gasteiger partial charge in [0.05, 0.1) is 6.04 Å². The molecule has 1 amide bonds. The molecular formula is C25H32FN5O. The molecule has 0 radical (unpaired) electrons. The summed E-state index contributed by atoms with van der Waals surface area (Å²) in [6, 6.07) is 10.8. The molecule has 3 N–H and O–H groups in total. The maximum atomic E-state index is 14.3. The summed E-state index contributed by atoms with van der Waals surface area (Å²) in [7, 11) is 5.79. The Bertz CT molecular complexity index is 1040. The predicted molar refractivity (Wildman–Crippen MR) is 130 cm³/mol. The molecule has 0 bridgehead atoms. The van der Waals surface area contributed by atoms with Crippen molar-refractivity contribution >= 4 is 23.4 Å². The molecule has 2 aromatic carbocycles. The first-order chi connectivity index (χ1) is 15.2. The van der Waals surface area contributed by atoms with E-state index in [9.17, 15) is 9.18 Å². The summed E-state index contributed by atoms with van der Waals surface area (Å²) in [5.41, 5.74) is 10.1. The van der Waals surface area contributed by atoms with E-state index in [0.29, 0.717) is 28.3 Å². The number of nitrogens with two attached hydrogens (primary N) is 1. The van der Waals surface area contributed by atoms with Crippen LogP contribution in [-0.2, 0) is 0 Å². The first-order valence-electron chi connectivity index (χ1n) is 10.7. The molecule has 2 aromatic rings. The number of halogens is 1. The Morgan fingerprint density at radius 3 is 2.62 bits per heavy atom. The monoisotopic (exact) mass is 437 g/mol. The normalized spacial score (nSPS) is 15.8. The number of hydrogen-bond acceptors (Lipinski definition) is 5. The third kappa shape index (κ3) is 5.16. The summed E-state index contributed by atoms with van der Waals surface area (Å²) in [5, 5.41) is 3.01. The van der Waals surface area contributed by atoms with E-state index in [4.69, 9.17) is 5.73 Å². The zero-order chi connectivity index (χ0) is 23.4. The Morgan fingerprint density at radius 2 is 2.00 bits per heavy atom. The standard InChI is InChI=1S/C25H32FN5O/c1-16-6-7-22(31-14-23(15-31)30(4)5)11-24(16)25(32)29-17(2)18-8-19(10-21(26)9-18)20(12-27)13-28-3/h6-13,17,23H,14-15,27H2,1-5H3,(H,29,32)/t17-/m1/s1. The first-order valence-corrected chi connectivity index (χ1v) is 10.7. The second-order valence-electron chi connectivity index (χ2n) is 8.50. The molecule has 0 unspecified atom stereocenters. The molecule has 0 aliphatic carbocycles. The number of aliphatic imine (C=N–C) groups is 1. The molecule has 1 aliphatic rings. The van der Waals surface area contributed by atoms with Crippen LogP contribution < -0.4 is 16.0 Å². The van der Waals surface area contributed by atoms with Gasteiger partial charge in [-0.15, -0.1) is 0 Å². The number of amides is 1. The van der Waals surface area contributed by atoms with Crippen LogP contribution in [0.3, 0.4) is 0 Å². The number of nitrogens with one attached hydrogen (secondary N) is 1. The van der Waals surface area contributed by atoms with E-state index in [1.54, 1.807) is 13.3 Å². The van der Waals surface area contributed by atoms with Gasteiger partial charge >= 0.3 is 0 Å². The average Bonchev–Trinajstić information content (AvgIpc) is 2.71. The van der Waals surface area contributed by atoms with Crippen LogP contribution in [0.4, 0.5) is 10.1 Å². The number of benzene rings is 2. The number of allylic oxidation sites excluding steroid dienone is 1. The Kier molecular flexibility index (Phi) is 7.30. The Hall–Kier alpha value is -3.19. The molecule has 0 saturated carbocycles. The molecule has 6 nitrogen and oxygen atoms in total. The molecule has 1 fully saturated rings. The van der Waals surface area contributed by atoms with E-state index < -0.39 is 5.82 Å². The van der Waals surface area contributed by atoms with Gasteiger partial charge in [-0.05, 0) is 75.0 Å². The van der Waals surface area contributed by atoms with Gasteiger partial charge in [-0.3, -0.25) is 9.79 Å². The van der Waals surface area contributed by atoms with Crippen LogP contribution in [-0.4, -0.2) is 57.3 Å². The van der Waals surface area contributed by atoms with Crippen molar-refractivity contribution in [2.24, 2.45) is 10.7 Å². The lowest BCUT2D eigenvalue weighted by Gasteiger charge is -2.44. The summed E-state index contributed by atoms with van der Waals surface area (Å²) in [4.78, 5) is 21.5. The minimum absolute atomic E-state index is 0.183. The third-order valence-electron chi connectivity index (χ3n) is 5.97. The first kappa shape index (κ1) is 23.5. The number of rotatable bonds is 7. The number of carbonyl (C=O) groups is 1. The number of anilines is 1. The van der Waals surface area contributed by atoms with E-state index >= 15 is 0 Å². The summed E-state index contributed by atoms with van der Waals surface area (Å²) >= 11 is 0. The second-order valence-corrected chi connectivity index (χ2v) is 8.50. The maximum Gasteiger partial charge on any atom is 0.252 e. The second kappa shape index (κ2) is 9.96. The van der Waals surface area contributed by atoms with Crippen LogP contribution in [0.15, 0.2) is 47.6 Å². The van der Waals surface area contributed by atoms with Crippen molar-refractivity contribution < 1.29 is 9.18 Å². The van der Waals surface area contributed by atoms with Gasteiger partial charge in [-0.25, -0.2) is 4.39 Å². The molecule has 3 rings (SSSR count). The lowest BCUT2D eigenvalue weighted by molar-refractivity contribution is 0.0939. The van der Waals surface area contributed by atoms with Crippen LogP contribution in [0.25, 0.3) is 5.57 Å². The van der Waals surface area contributed by atoms with E-state index in [2.05, 4.69) is 40.3 Å². The number of carbonyl (C=O) groups excluding carboxylic acids is 1. The van der Waals surface area contributed by atoms with Crippen molar-refractivity contribution in [3.8, 4) is 0 Å². The molecule has 1 heterocycles. The SMILES string of the molecule is CN=CC(=CN)c1cc(F)cc([C@@H](C)NC(=O)c2cc(N3CC(N(C)C)C3)ccc2C)c1. The lowest BCUT2D eigenvalue weighted by Crippen LogP contribution is -2.57. The van der Waals surface area contributed by atoms with Crippen LogP contribution >= 0.6 is 0 Å². The average molecular weight is 438 g/mol. The lowest BCUT2D eigenvalue weighted by atomic mass is 9.99. The fraction of sp³-hybridized carbons (Fsp3) is 0.360. The molecule has 1 atom stereocenters. The van der Waals surface area contributed by atoms with Crippen LogP contribution in [0, 0.1) is 12.7 Å². The predicted octanol–water partition coefficient (Wildman–Crippen LogP) is 3.38. The van der Waals surface area contributed by atoms with E-state index in [1.165, 1.54) is 18.3 Å². The Morgan fingerprint density at radius 1 is 1.28 bits per heavy atom. The highest BCUT2D eigenvalue weighted by Crippen LogP contribution is 2.26. The summed E-state index contributed by atoms with van der Waals surface area (Å²) in [6.45, 7) is 5.65. The van der Waals surface area contributed by atoms with Crippen molar-refractivity contribution in [2.75, 3.05) is 39.1 Å². The maximum absolute atomic E-state index is 14.3.